The first-order chi connectivity index (χ1) is 16.3. The van der Waals surface area contributed by atoms with Crippen LogP contribution in [0.3, 0.4) is 0 Å². The van der Waals surface area contributed by atoms with Crippen molar-refractivity contribution in [3.8, 4) is 0 Å². The summed E-state index contributed by atoms with van der Waals surface area (Å²) in [4.78, 5) is 11.4. The van der Waals surface area contributed by atoms with E-state index in [0.717, 1.165) is 58.4 Å². The maximum absolute atomic E-state index is 5.49. The number of aromatic nitrogens is 2. The lowest BCUT2D eigenvalue weighted by Crippen LogP contribution is -2.38. The highest BCUT2D eigenvalue weighted by atomic mass is 16.5. The van der Waals surface area contributed by atoms with Crippen molar-refractivity contribution in [1.29, 1.82) is 0 Å². The van der Waals surface area contributed by atoms with E-state index in [4.69, 9.17) is 9.73 Å². The number of nitrogens with one attached hydrogen (secondary N) is 2. The first kappa shape index (κ1) is 23.0. The van der Waals surface area contributed by atoms with Gasteiger partial charge in [0.15, 0.2) is 5.96 Å². The first-order valence-corrected chi connectivity index (χ1v) is 11.7. The van der Waals surface area contributed by atoms with Crippen molar-refractivity contribution >= 4 is 5.96 Å². The van der Waals surface area contributed by atoms with Gasteiger partial charge in [0, 0.05) is 51.7 Å². The van der Waals surface area contributed by atoms with Crippen LogP contribution in [0.4, 0.5) is 0 Å². The van der Waals surface area contributed by atoms with Crippen LogP contribution in [0, 0.1) is 0 Å². The van der Waals surface area contributed by atoms with Crippen LogP contribution in [0.25, 0.3) is 0 Å². The minimum atomic E-state index is 0.635. The van der Waals surface area contributed by atoms with Gasteiger partial charge in [0.25, 0.3) is 0 Å². The van der Waals surface area contributed by atoms with Crippen LogP contribution in [0.15, 0.2) is 72.2 Å². The topological polar surface area (TPSA) is 66.7 Å². The number of ether oxygens (including phenoxy) is 1. The number of hydrogen-bond donors (Lipinski definition) is 2. The third-order valence-electron chi connectivity index (χ3n) is 5.77. The molecule has 1 aliphatic heterocycles. The molecule has 2 heterocycles. The summed E-state index contributed by atoms with van der Waals surface area (Å²) in [6.45, 7) is 9.72. The van der Waals surface area contributed by atoms with Crippen molar-refractivity contribution in [2.24, 2.45) is 4.99 Å². The van der Waals surface area contributed by atoms with Crippen molar-refractivity contribution in [1.82, 2.24) is 25.1 Å². The normalized spacial score (nSPS) is 14.9. The molecule has 7 heteroatoms. The number of rotatable bonds is 9. The molecule has 2 N–H and O–H groups in total. The Hall–Kier alpha value is -3.16. The molecule has 33 heavy (non-hydrogen) atoms. The minimum absolute atomic E-state index is 0.635. The van der Waals surface area contributed by atoms with Gasteiger partial charge in [0.2, 0.25) is 0 Å². The van der Waals surface area contributed by atoms with Crippen molar-refractivity contribution in [3.63, 3.8) is 0 Å². The number of aliphatic imine (C=N–C) groups is 1. The van der Waals surface area contributed by atoms with E-state index >= 15 is 0 Å². The van der Waals surface area contributed by atoms with Crippen molar-refractivity contribution in [3.05, 3.63) is 89.5 Å². The first-order valence-electron chi connectivity index (χ1n) is 11.7. The average Bonchev–Trinajstić information content (AvgIpc) is 3.36. The summed E-state index contributed by atoms with van der Waals surface area (Å²) in [5.41, 5.74) is 5.10. The fourth-order valence-corrected chi connectivity index (χ4v) is 3.92. The third kappa shape index (κ3) is 7.17. The smallest absolute Gasteiger partial charge is 0.191 e. The third-order valence-corrected chi connectivity index (χ3v) is 5.77. The highest BCUT2D eigenvalue weighted by Gasteiger charge is 2.12. The summed E-state index contributed by atoms with van der Waals surface area (Å²) in [5, 5.41) is 6.88. The Morgan fingerprint density at radius 2 is 1.73 bits per heavy atom. The van der Waals surface area contributed by atoms with Gasteiger partial charge >= 0.3 is 0 Å². The lowest BCUT2D eigenvalue weighted by Gasteiger charge is -2.27. The van der Waals surface area contributed by atoms with Gasteiger partial charge in [0.05, 0.1) is 26.1 Å². The fraction of sp³-hybridized carbons (Fsp3) is 0.385. The number of hydrogen-bond acceptors (Lipinski definition) is 4. The van der Waals surface area contributed by atoms with Crippen LogP contribution in [-0.2, 0) is 30.9 Å². The summed E-state index contributed by atoms with van der Waals surface area (Å²) in [6, 6.07) is 17.3. The van der Waals surface area contributed by atoms with Crippen LogP contribution >= 0.6 is 0 Å². The van der Waals surface area contributed by atoms with Gasteiger partial charge in [-0.05, 0) is 29.2 Å². The van der Waals surface area contributed by atoms with Gasteiger partial charge in [-0.3, -0.25) is 4.90 Å². The van der Waals surface area contributed by atoms with Gasteiger partial charge in [-0.2, -0.15) is 0 Å². The zero-order chi connectivity index (χ0) is 22.7. The number of benzene rings is 2. The maximum atomic E-state index is 5.49. The summed E-state index contributed by atoms with van der Waals surface area (Å²) >= 11 is 0. The molecule has 0 radical (unpaired) electrons. The second-order valence-corrected chi connectivity index (χ2v) is 8.26. The van der Waals surface area contributed by atoms with E-state index in [2.05, 4.69) is 80.5 Å². The molecule has 3 aromatic rings. The molecule has 0 saturated carbocycles. The predicted octanol–water partition coefficient (Wildman–Crippen LogP) is 3.02. The lowest BCUT2D eigenvalue weighted by atomic mass is 10.1. The minimum Gasteiger partial charge on any atom is -0.379 e. The average molecular weight is 447 g/mol. The molecule has 174 valence electrons. The molecule has 0 unspecified atom stereocenters. The van der Waals surface area contributed by atoms with E-state index in [0.29, 0.717) is 6.54 Å². The lowest BCUT2D eigenvalue weighted by molar-refractivity contribution is 0.0341. The zero-order valence-corrected chi connectivity index (χ0v) is 19.4. The van der Waals surface area contributed by atoms with Crippen LogP contribution < -0.4 is 10.6 Å². The Kier molecular flexibility index (Phi) is 8.49. The highest BCUT2D eigenvalue weighted by Crippen LogP contribution is 2.13. The van der Waals surface area contributed by atoms with E-state index in [1.807, 2.05) is 12.5 Å². The van der Waals surface area contributed by atoms with E-state index in [9.17, 15) is 0 Å². The van der Waals surface area contributed by atoms with Crippen molar-refractivity contribution < 1.29 is 4.74 Å². The monoisotopic (exact) mass is 446 g/mol. The SMILES string of the molecule is CCNC(=NCc1ccc(Cn2ccnc2)cc1)NCc1ccccc1CN1CCOCC1. The van der Waals surface area contributed by atoms with Gasteiger partial charge in [0.1, 0.15) is 0 Å². The molecule has 2 aromatic carbocycles. The summed E-state index contributed by atoms with van der Waals surface area (Å²) < 4.78 is 7.55. The Balaban J connectivity index is 1.34. The molecule has 0 spiro atoms. The van der Waals surface area contributed by atoms with Crippen molar-refractivity contribution in [2.45, 2.75) is 33.1 Å². The molecular formula is C26H34N6O. The quantitative estimate of drug-likeness (QED) is 0.391. The number of guanidine groups is 1. The number of nitrogens with zero attached hydrogens (tertiary/aromatic N) is 4. The molecule has 7 nitrogen and oxygen atoms in total. The molecule has 0 atom stereocenters. The molecule has 0 amide bonds. The van der Waals surface area contributed by atoms with Crippen molar-refractivity contribution in [2.75, 3.05) is 32.8 Å². The Morgan fingerprint density at radius 3 is 2.45 bits per heavy atom. The van der Waals surface area contributed by atoms with Gasteiger partial charge in [-0.25, -0.2) is 9.98 Å². The van der Waals surface area contributed by atoms with Crippen LogP contribution in [0.1, 0.15) is 29.2 Å². The second kappa shape index (κ2) is 12.2. The van der Waals surface area contributed by atoms with E-state index < -0.39 is 0 Å². The van der Waals surface area contributed by atoms with Crippen LogP contribution in [0.2, 0.25) is 0 Å². The molecule has 1 aromatic heterocycles. The fourth-order valence-electron chi connectivity index (χ4n) is 3.92. The second-order valence-electron chi connectivity index (χ2n) is 8.26. The largest absolute Gasteiger partial charge is 0.379 e. The Morgan fingerprint density at radius 1 is 0.970 bits per heavy atom. The summed E-state index contributed by atoms with van der Waals surface area (Å²) in [5.74, 6) is 0.834. The Labute approximate surface area is 196 Å². The molecule has 1 fully saturated rings. The van der Waals surface area contributed by atoms with Gasteiger partial charge in [-0.1, -0.05) is 48.5 Å². The zero-order valence-electron chi connectivity index (χ0n) is 19.4. The standard InChI is InChI=1S/C26H34N6O/c1-2-28-26(29-17-22-7-9-23(10-8-22)19-32-12-11-27-21-32)30-18-24-5-3-4-6-25(24)20-31-13-15-33-16-14-31/h3-12,21H,2,13-20H2,1H3,(H2,28,29,30). The molecule has 0 aliphatic carbocycles. The molecular weight excluding hydrogens is 412 g/mol. The van der Waals surface area contributed by atoms with Gasteiger partial charge in [-0.15, -0.1) is 0 Å². The van der Waals surface area contributed by atoms with Gasteiger partial charge < -0.3 is 19.9 Å². The summed E-state index contributed by atoms with van der Waals surface area (Å²) in [6.07, 6.45) is 5.62. The van der Waals surface area contributed by atoms with Crippen LogP contribution in [-0.4, -0.2) is 53.3 Å². The molecule has 4 rings (SSSR count). The molecule has 1 aliphatic rings. The number of morpholine rings is 1. The van der Waals surface area contributed by atoms with E-state index in [1.165, 1.54) is 22.3 Å². The van der Waals surface area contributed by atoms with E-state index in [1.54, 1.807) is 6.20 Å². The number of imidazole rings is 1. The predicted molar refractivity (Wildman–Crippen MR) is 132 cm³/mol. The Bertz CT molecular complexity index is 994. The van der Waals surface area contributed by atoms with Crippen LogP contribution in [0.5, 0.6) is 0 Å². The highest BCUT2D eigenvalue weighted by molar-refractivity contribution is 5.79. The maximum Gasteiger partial charge on any atom is 0.191 e. The molecule has 1 saturated heterocycles. The summed E-state index contributed by atoms with van der Waals surface area (Å²) in [7, 11) is 0. The van der Waals surface area contributed by atoms with E-state index in [-0.39, 0.29) is 0 Å². The molecule has 0 bridgehead atoms.